The van der Waals surface area contributed by atoms with Gasteiger partial charge < -0.3 is 11.1 Å². The Morgan fingerprint density at radius 2 is 2.00 bits per heavy atom. The molecule has 1 fully saturated rings. The van der Waals surface area contributed by atoms with Crippen LogP contribution < -0.4 is 11.1 Å². The van der Waals surface area contributed by atoms with Crippen molar-refractivity contribution in [2.45, 2.75) is 19.8 Å². The lowest BCUT2D eigenvalue weighted by Gasteiger charge is -2.30. The van der Waals surface area contributed by atoms with E-state index in [1.54, 1.807) is 0 Å². The van der Waals surface area contributed by atoms with E-state index in [2.05, 4.69) is 16.9 Å². The van der Waals surface area contributed by atoms with Crippen molar-refractivity contribution in [1.29, 1.82) is 0 Å². The standard InChI is InChI=1S/C12H24N4O2S.HI/c1-10(2)8-14-12(13)15-9-11-4-6-16(7-5-11)19(3,17)18;/h11H,1,4-9H2,2-3H3,(H3,13,14,15);1H. The molecule has 0 aromatic carbocycles. The molecule has 8 heteroatoms. The smallest absolute Gasteiger partial charge is 0.211 e. The van der Waals surface area contributed by atoms with Gasteiger partial charge >= 0.3 is 0 Å². The molecule has 0 spiro atoms. The summed E-state index contributed by atoms with van der Waals surface area (Å²) in [6.07, 6.45) is 2.97. The first kappa shape index (κ1) is 19.7. The molecule has 1 heterocycles. The van der Waals surface area contributed by atoms with Crippen LogP contribution in [-0.2, 0) is 10.0 Å². The molecule has 1 rings (SSSR count). The quantitative estimate of drug-likeness (QED) is 0.300. The average Bonchev–Trinajstić information content (AvgIpc) is 2.33. The van der Waals surface area contributed by atoms with Gasteiger partial charge in [0, 0.05) is 19.6 Å². The highest BCUT2D eigenvalue weighted by Gasteiger charge is 2.24. The molecule has 20 heavy (non-hydrogen) atoms. The Kier molecular flexibility index (Phi) is 8.68. The Balaban J connectivity index is 0.00000361. The van der Waals surface area contributed by atoms with Crippen molar-refractivity contribution < 1.29 is 8.42 Å². The van der Waals surface area contributed by atoms with Crippen LogP contribution in [0.25, 0.3) is 0 Å². The summed E-state index contributed by atoms with van der Waals surface area (Å²) >= 11 is 0. The van der Waals surface area contributed by atoms with Gasteiger partial charge in [-0.2, -0.15) is 0 Å². The Labute approximate surface area is 139 Å². The molecule has 1 aliphatic heterocycles. The minimum absolute atomic E-state index is 0. The number of sulfonamides is 1. The molecule has 3 N–H and O–H groups in total. The van der Waals surface area contributed by atoms with E-state index in [4.69, 9.17) is 5.73 Å². The highest BCUT2D eigenvalue weighted by molar-refractivity contribution is 14.0. The van der Waals surface area contributed by atoms with Gasteiger partial charge in [-0.15, -0.1) is 24.0 Å². The van der Waals surface area contributed by atoms with E-state index in [0.29, 0.717) is 31.5 Å². The zero-order valence-corrected chi connectivity index (χ0v) is 15.3. The second kappa shape index (κ2) is 8.83. The van der Waals surface area contributed by atoms with Crippen LogP contribution in [0.5, 0.6) is 0 Å². The SMILES string of the molecule is C=C(C)CN=C(N)NCC1CCN(S(C)(=O)=O)CC1.I. The van der Waals surface area contributed by atoms with Gasteiger partial charge in [-0.25, -0.2) is 17.7 Å². The normalized spacial score (nSPS) is 18.4. The van der Waals surface area contributed by atoms with E-state index in [1.807, 2.05) is 6.92 Å². The zero-order chi connectivity index (χ0) is 14.5. The Bertz CT molecular complexity index is 442. The maximum Gasteiger partial charge on any atom is 0.211 e. The molecule has 0 radical (unpaired) electrons. The number of nitrogens with one attached hydrogen (secondary N) is 1. The fraction of sp³-hybridized carbons (Fsp3) is 0.750. The highest BCUT2D eigenvalue weighted by atomic mass is 127. The molecule has 0 amide bonds. The predicted octanol–water partition coefficient (Wildman–Crippen LogP) is 0.756. The summed E-state index contributed by atoms with van der Waals surface area (Å²) in [6, 6.07) is 0. The van der Waals surface area contributed by atoms with Gasteiger partial charge in [-0.1, -0.05) is 12.2 Å². The van der Waals surface area contributed by atoms with E-state index >= 15 is 0 Å². The van der Waals surface area contributed by atoms with Crippen LogP contribution in [0, 0.1) is 5.92 Å². The van der Waals surface area contributed by atoms with Crippen LogP contribution in [0.2, 0.25) is 0 Å². The van der Waals surface area contributed by atoms with E-state index in [0.717, 1.165) is 25.0 Å². The van der Waals surface area contributed by atoms with Crippen LogP contribution in [-0.4, -0.2) is 51.1 Å². The monoisotopic (exact) mass is 416 g/mol. The number of hydrogen-bond acceptors (Lipinski definition) is 3. The van der Waals surface area contributed by atoms with Crippen LogP contribution in [0.3, 0.4) is 0 Å². The second-order valence-corrected chi connectivity index (χ2v) is 7.13. The molecule has 0 atom stereocenters. The van der Waals surface area contributed by atoms with Crippen molar-refractivity contribution >= 4 is 40.0 Å². The van der Waals surface area contributed by atoms with Crippen LogP contribution in [0.1, 0.15) is 19.8 Å². The van der Waals surface area contributed by atoms with E-state index in [9.17, 15) is 8.42 Å². The fourth-order valence-electron chi connectivity index (χ4n) is 1.97. The predicted molar refractivity (Wildman–Crippen MR) is 93.9 cm³/mol. The molecule has 0 saturated carbocycles. The Morgan fingerprint density at radius 3 is 2.45 bits per heavy atom. The molecule has 1 aliphatic rings. The van der Waals surface area contributed by atoms with Crippen molar-refractivity contribution in [1.82, 2.24) is 9.62 Å². The number of hydrogen-bond donors (Lipinski definition) is 2. The molecule has 0 bridgehead atoms. The topological polar surface area (TPSA) is 87.8 Å². The third-order valence-corrected chi connectivity index (χ3v) is 4.44. The van der Waals surface area contributed by atoms with E-state index in [-0.39, 0.29) is 24.0 Å². The van der Waals surface area contributed by atoms with Crippen LogP contribution >= 0.6 is 24.0 Å². The van der Waals surface area contributed by atoms with Gasteiger partial charge in [0.15, 0.2) is 5.96 Å². The maximum absolute atomic E-state index is 11.4. The number of rotatable bonds is 5. The summed E-state index contributed by atoms with van der Waals surface area (Å²) < 4.78 is 24.3. The van der Waals surface area contributed by atoms with Crippen molar-refractivity contribution in [3.05, 3.63) is 12.2 Å². The summed E-state index contributed by atoms with van der Waals surface area (Å²) in [6.45, 7) is 8.11. The minimum atomic E-state index is -3.04. The van der Waals surface area contributed by atoms with Crippen LogP contribution in [0.4, 0.5) is 0 Å². The molecule has 0 unspecified atom stereocenters. The minimum Gasteiger partial charge on any atom is -0.370 e. The second-order valence-electron chi connectivity index (χ2n) is 5.14. The summed E-state index contributed by atoms with van der Waals surface area (Å²) in [5, 5.41) is 3.08. The van der Waals surface area contributed by atoms with Gasteiger partial charge in [-0.3, -0.25) is 0 Å². The number of nitrogens with zero attached hydrogens (tertiary/aromatic N) is 2. The van der Waals surface area contributed by atoms with Gasteiger partial charge in [0.05, 0.1) is 12.8 Å². The van der Waals surface area contributed by atoms with E-state index < -0.39 is 10.0 Å². The number of guanidine groups is 1. The average molecular weight is 416 g/mol. The first-order valence-corrected chi connectivity index (χ1v) is 8.27. The Hall–Kier alpha value is -0.350. The maximum atomic E-state index is 11.4. The number of nitrogens with two attached hydrogens (primary N) is 1. The van der Waals surface area contributed by atoms with Crippen molar-refractivity contribution in [2.24, 2.45) is 16.6 Å². The fourth-order valence-corrected chi connectivity index (χ4v) is 2.84. The lowest BCUT2D eigenvalue weighted by Crippen LogP contribution is -2.42. The molecule has 0 aromatic heterocycles. The van der Waals surface area contributed by atoms with Crippen molar-refractivity contribution in [3.63, 3.8) is 0 Å². The number of aliphatic imine (C=N–C) groups is 1. The highest BCUT2D eigenvalue weighted by Crippen LogP contribution is 2.18. The summed E-state index contributed by atoms with van der Waals surface area (Å²) in [7, 11) is -3.04. The van der Waals surface area contributed by atoms with Gasteiger partial charge in [-0.05, 0) is 25.7 Å². The van der Waals surface area contributed by atoms with Crippen LogP contribution in [0.15, 0.2) is 17.1 Å². The molecule has 6 nitrogen and oxygen atoms in total. The third kappa shape index (κ3) is 7.44. The Morgan fingerprint density at radius 1 is 1.45 bits per heavy atom. The third-order valence-electron chi connectivity index (χ3n) is 3.13. The number of piperidine rings is 1. The molecule has 1 saturated heterocycles. The lowest BCUT2D eigenvalue weighted by atomic mass is 9.98. The molecule has 0 aliphatic carbocycles. The van der Waals surface area contributed by atoms with Gasteiger partial charge in [0.2, 0.25) is 10.0 Å². The summed E-state index contributed by atoms with van der Waals surface area (Å²) in [5.41, 5.74) is 6.69. The van der Waals surface area contributed by atoms with Gasteiger partial charge in [0.25, 0.3) is 0 Å². The largest absolute Gasteiger partial charge is 0.370 e. The summed E-state index contributed by atoms with van der Waals surface area (Å²) in [4.78, 5) is 4.14. The molecule has 118 valence electrons. The van der Waals surface area contributed by atoms with Crippen molar-refractivity contribution in [2.75, 3.05) is 32.4 Å². The first-order valence-electron chi connectivity index (χ1n) is 6.42. The molecular weight excluding hydrogens is 391 g/mol. The first-order chi connectivity index (χ1) is 8.79. The molecular formula is C12H25IN4O2S. The van der Waals surface area contributed by atoms with Gasteiger partial charge in [0.1, 0.15) is 0 Å². The number of halogens is 1. The van der Waals surface area contributed by atoms with E-state index in [1.165, 1.54) is 10.6 Å². The summed E-state index contributed by atoms with van der Waals surface area (Å²) in [5.74, 6) is 0.866. The zero-order valence-electron chi connectivity index (χ0n) is 12.1. The molecule has 0 aromatic rings. The lowest BCUT2D eigenvalue weighted by molar-refractivity contribution is 0.275. The van der Waals surface area contributed by atoms with Crippen molar-refractivity contribution in [3.8, 4) is 0 Å².